The van der Waals surface area contributed by atoms with Crippen molar-refractivity contribution in [3.63, 3.8) is 0 Å². The molecule has 1 aliphatic carbocycles. The van der Waals surface area contributed by atoms with Crippen molar-refractivity contribution in [2.75, 3.05) is 0 Å². The van der Waals surface area contributed by atoms with Crippen molar-refractivity contribution in [3.05, 3.63) is 18.0 Å². The maximum absolute atomic E-state index is 4.42. The van der Waals surface area contributed by atoms with Gasteiger partial charge < -0.3 is 0 Å². The van der Waals surface area contributed by atoms with Crippen molar-refractivity contribution in [2.45, 2.75) is 56.3 Å². The second-order valence-electron chi connectivity index (χ2n) is 4.76. The number of rotatable bonds is 2. The lowest BCUT2D eigenvalue weighted by Crippen LogP contribution is -2.18. The zero-order valence-electron chi connectivity index (χ0n) is 9.49. The second-order valence-corrected chi connectivity index (χ2v) is 6.05. The van der Waals surface area contributed by atoms with Gasteiger partial charge in [-0.05, 0) is 39.2 Å². The third-order valence-corrected chi connectivity index (χ3v) is 4.05. The van der Waals surface area contributed by atoms with E-state index >= 15 is 0 Å². The van der Waals surface area contributed by atoms with Crippen LogP contribution in [-0.4, -0.2) is 14.6 Å². The fraction of sp³-hybridized carbons (Fsp3) is 0.750. The Bertz CT molecular complexity index is 319. The van der Waals surface area contributed by atoms with Gasteiger partial charge in [0.1, 0.15) is 0 Å². The van der Waals surface area contributed by atoms with Gasteiger partial charge in [-0.2, -0.15) is 5.10 Å². The molecule has 84 valence electrons. The fourth-order valence-corrected chi connectivity index (χ4v) is 3.25. The van der Waals surface area contributed by atoms with E-state index in [9.17, 15) is 0 Å². The summed E-state index contributed by atoms with van der Waals surface area (Å²) in [6, 6.07) is 2.67. The lowest BCUT2D eigenvalue weighted by atomic mass is 9.86. The molecule has 2 unspecified atom stereocenters. The Morgan fingerprint density at radius 3 is 2.93 bits per heavy atom. The lowest BCUT2D eigenvalue weighted by molar-refractivity contribution is 0.410. The molecule has 1 aromatic rings. The summed E-state index contributed by atoms with van der Waals surface area (Å²) >= 11 is 3.75. The van der Waals surface area contributed by atoms with Gasteiger partial charge in [0.05, 0.1) is 0 Å². The van der Waals surface area contributed by atoms with Crippen LogP contribution in [0, 0.1) is 0 Å². The Morgan fingerprint density at radius 1 is 1.47 bits per heavy atom. The summed E-state index contributed by atoms with van der Waals surface area (Å²) in [7, 11) is 0. The van der Waals surface area contributed by atoms with E-state index in [1.165, 1.54) is 31.4 Å². The molecule has 0 N–H and O–H groups in total. The maximum atomic E-state index is 4.42. The summed E-state index contributed by atoms with van der Waals surface area (Å²) in [5, 5.41) is 4.42. The van der Waals surface area contributed by atoms with E-state index in [2.05, 4.69) is 45.6 Å². The summed E-state index contributed by atoms with van der Waals surface area (Å²) < 4.78 is 2.18. The van der Waals surface area contributed by atoms with Crippen LogP contribution in [0.25, 0.3) is 0 Å². The number of aromatic nitrogens is 2. The minimum atomic E-state index is 0.478. The highest BCUT2D eigenvalue weighted by molar-refractivity contribution is 9.09. The fourth-order valence-electron chi connectivity index (χ4n) is 2.48. The van der Waals surface area contributed by atoms with E-state index < -0.39 is 0 Å². The van der Waals surface area contributed by atoms with Crippen LogP contribution in [0.5, 0.6) is 0 Å². The van der Waals surface area contributed by atoms with Gasteiger partial charge in [-0.3, -0.25) is 4.68 Å². The van der Waals surface area contributed by atoms with E-state index in [4.69, 9.17) is 0 Å². The van der Waals surface area contributed by atoms with Gasteiger partial charge >= 0.3 is 0 Å². The lowest BCUT2D eigenvalue weighted by Gasteiger charge is -2.27. The van der Waals surface area contributed by atoms with Crippen LogP contribution in [-0.2, 0) is 0 Å². The summed E-state index contributed by atoms with van der Waals surface area (Å²) in [5.74, 6) is 0.702. The number of hydrogen-bond acceptors (Lipinski definition) is 1. The monoisotopic (exact) mass is 270 g/mol. The predicted molar refractivity (Wildman–Crippen MR) is 66.5 cm³/mol. The van der Waals surface area contributed by atoms with Crippen molar-refractivity contribution in [1.82, 2.24) is 9.78 Å². The molecule has 1 saturated carbocycles. The molecular formula is C12H19BrN2. The zero-order chi connectivity index (χ0) is 10.8. The molecule has 0 amide bonds. The van der Waals surface area contributed by atoms with E-state index in [1.807, 2.05) is 6.20 Å². The molecule has 0 aliphatic heterocycles. The first-order chi connectivity index (χ1) is 7.18. The van der Waals surface area contributed by atoms with E-state index in [1.54, 1.807) is 0 Å². The van der Waals surface area contributed by atoms with E-state index in [-0.39, 0.29) is 0 Å². The van der Waals surface area contributed by atoms with E-state index in [0.29, 0.717) is 16.8 Å². The minimum absolute atomic E-state index is 0.478. The smallest absolute Gasteiger partial charge is 0.0492 e. The summed E-state index contributed by atoms with van der Waals surface area (Å²) in [6.45, 7) is 4.40. The number of halogens is 1. The van der Waals surface area contributed by atoms with Crippen molar-refractivity contribution in [3.8, 4) is 0 Å². The molecule has 1 fully saturated rings. The number of alkyl halides is 1. The molecule has 1 heterocycles. The Labute approximate surface area is 100 Å². The topological polar surface area (TPSA) is 17.8 Å². The van der Waals surface area contributed by atoms with Crippen molar-refractivity contribution >= 4 is 15.9 Å². The molecule has 0 bridgehead atoms. The third kappa shape index (κ3) is 2.44. The third-order valence-electron chi connectivity index (χ3n) is 3.22. The molecule has 0 spiro atoms. The molecule has 2 nitrogen and oxygen atoms in total. The van der Waals surface area contributed by atoms with Crippen molar-refractivity contribution < 1.29 is 0 Å². The first kappa shape index (κ1) is 11.2. The van der Waals surface area contributed by atoms with Crippen LogP contribution < -0.4 is 0 Å². The second kappa shape index (κ2) is 4.69. The highest BCUT2D eigenvalue weighted by Gasteiger charge is 2.24. The highest BCUT2D eigenvalue weighted by Crippen LogP contribution is 2.36. The first-order valence-electron chi connectivity index (χ1n) is 5.86. The molecule has 1 aliphatic rings. The average Bonchev–Trinajstić information content (AvgIpc) is 2.65. The molecule has 2 rings (SSSR count). The van der Waals surface area contributed by atoms with Crippen LogP contribution in [0.1, 0.15) is 57.2 Å². The Hall–Kier alpha value is -0.310. The summed E-state index contributed by atoms with van der Waals surface area (Å²) in [4.78, 5) is 0.701. The van der Waals surface area contributed by atoms with Crippen molar-refractivity contribution in [2.24, 2.45) is 0 Å². The molecule has 15 heavy (non-hydrogen) atoms. The molecule has 3 heteroatoms. The van der Waals surface area contributed by atoms with Gasteiger partial charge in [-0.25, -0.2) is 0 Å². The van der Waals surface area contributed by atoms with E-state index in [0.717, 1.165) is 0 Å². The Kier molecular flexibility index (Phi) is 3.49. The SMILES string of the molecule is CC(C)n1nccc1C1CCCC(Br)C1. The van der Waals surface area contributed by atoms with Crippen LogP contribution >= 0.6 is 15.9 Å². The predicted octanol–water partition coefficient (Wildman–Crippen LogP) is 3.89. The summed E-state index contributed by atoms with van der Waals surface area (Å²) in [5.41, 5.74) is 1.43. The molecule has 1 aromatic heterocycles. The largest absolute Gasteiger partial charge is 0.267 e. The van der Waals surface area contributed by atoms with Gasteiger partial charge in [0.2, 0.25) is 0 Å². The quantitative estimate of drug-likeness (QED) is 0.746. The van der Waals surface area contributed by atoms with Crippen LogP contribution in [0.15, 0.2) is 12.3 Å². The minimum Gasteiger partial charge on any atom is -0.267 e. The standard InChI is InChI=1S/C12H19BrN2/c1-9(2)15-12(6-7-14-15)10-4-3-5-11(13)8-10/h6-7,9-11H,3-5,8H2,1-2H3. The summed E-state index contributed by atoms with van der Waals surface area (Å²) in [6.07, 6.45) is 7.18. The average molecular weight is 271 g/mol. The number of nitrogens with zero attached hydrogens (tertiary/aromatic N) is 2. The molecule has 0 aromatic carbocycles. The van der Waals surface area contributed by atoms with Gasteiger partial charge in [0.15, 0.2) is 0 Å². The highest BCUT2D eigenvalue weighted by atomic mass is 79.9. The molecule has 0 saturated heterocycles. The molecular weight excluding hydrogens is 252 g/mol. The van der Waals surface area contributed by atoms with Crippen LogP contribution in [0.4, 0.5) is 0 Å². The number of hydrogen-bond donors (Lipinski definition) is 0. The van der Waals surface area contributed by atoms with Crippen LogP contribution in [0.2, 0.25) is 0 Å². The Balaban J connectivity index is 2.17. The zero-order valence-corrected chi connectivity index (χ0v) is 11.1. The Morgan fingerprint density at radius 2 is 2.27 bits per heavy atom. The first-order valence-corrected chi connectivity index (χ1v) is 6.77. The van der Waals surface area contributed by atoms with Crippen LogP contribution in [0.3, 0.4) is 0 Å². The molecule has 0 radical (unpaired) electrons. The van der Waals surface area contributed by atoms with Gasteiger partial charge in [0.25, 0.3) is 0 Å². The maximum Gasteiger partial charge on any atom is 0.0492 e. The van der Waals surface area contributed by atoms with Crippen molar-refractivity contribution in [1.29, 1.82) is 0 Å². The van der Waals surface area contributed by atoms with Gasteiger partial charge in [0, 0.05) is 28.7 Å². The normalized spacial score (nSPS) is 27.2. The van der Waals surface area contributed by atoms with Gasteiger partial charge in [-0.15, -0.1) is 0 Å². The van der Waals surface area contributed by atoms with Gasteiger partial charge in [-0.1, -0.05) is 22.4 Å². The molecule has 2 atom stereocenters.